The van der Waals surface area contributed by atoms with E-state index in [4.69, 9.17) is 16.3 Å². The largest absolute Gasteiger partial charge is 1.00 e. The van der Waals surface area contributed by atoms with E-state index in [0.29, 0.717) is 28.4 Å². The monoisotopic (exact) mass is 411 g/mol. The summed E-state index contributed by atoms with van der Waals surface area (Å²) in [6.07, 6.45) is -0.747. The van der Waals surface area contributed by atoms with E-state index in [1.807, 2.05) is 42.0 Å². The Morgan fingerprint density at radius 3 is 2.11 bits per heavy atom. The van der Waals surface area contributed by atoms with Crippen molar-refractivity contribution in [1.82, 2.24) is 0 Å². The van der Waals surface area contributed by atoms with Crippen molar-refractivity contribution in [2.75, 3.05) is 7.11 Å². The van der Waals surface area contributed by atoms with E-state index in [1.54, 1.807) is 19.4 Å². The topological polar surface area (TPSA) is 13.1 Å². The molecule has 0 unspecified atom stereocenters. The Balaban J connectivity index is 0.00000280. The fraction of sp³-hybridized carbons (Fsp3) is 0.190. The Hall–Kier alpha value is -2.60. The van der Waals surface area contributed by atoms with Gasteiger partial charge in [0.05, 0.1) is 28.8 Å². The lowest BCUT2D eigenvalue weighted by molar-refractivity contribution is -0.692. The molecule has 0 atom stereocenters. The first-order valence-electron chi connectivity index (χ1n) is 8.38. The molecule has 28 heavy (non-hydrogen) atoms. The minimum atomic E-state index is -4.41. The van der Waals surface area contributed by atoms with Crippen molar-refractivity contribution in [3.63, 3.8) is 0 Å². The van der Waals surface area contributed by atoms with Gasteiger partial charge in [-0.2, -0.15) is 13.2 Å². The van der Waals surface area contributed by atoms with Crippen molar-refractivity contribution in [2.45, 2.75) is 19.6 Å². The number of aryl methyl sites for hydroxylation is 1. The van der Waals surface area contributed by atoms with Gasteiger partial charge in [0.2, 0.25) is 0 Å². The molecule has 0 saturated carbocycles. The number of methoxy groups -OCH3 is 1. The number of aromatic nitrogens is 1. The quantitative estimate of drug-likeness (QED) is 0.475. The highest BCUT2D eigenvalue weighted by molar-refractivity contribution is 6.35. The Morgan fingerprint density at radius 1 is 0.964 bits per heavy atom. The van der Waals surface area contributed by atoms with Gasteiger partial charge in [0.15, 0.2) is 12.4 Å². The van der Waals surface area contributed by atoms with Crippen molar-refractivity contribution in [3.8, 4) is 28.0 Å². The molecule has 3 aromatic rings. The number of hydrogen-bond acceptors (Lipinski definition) is 1. The van der Waals surface area contributed by atoms with Gasteiger partial charge in [-0.05, 0) is 42.3 Å². The van der Waals surface area contributed by atoms with Crippen LogP contribution in [0.1, 0.15) is 12.5 Å². The van der Waals surface area contributed by atoms with Gasteiger partial charge in [-0.15, -0.1) is 0 Å². The first kappa shape index (κ1) is 21.7. The zero-order valence-corrected chi connectivity index (χ0v) is 16.0. The third-order valence-electron chi connectivity index (χ3n) is 4.33. The highest BCUT2D eigenvalue weighted by atomic mass is 35.5. The maximum absolute atomic E-state index is 13.1. The lowest BCUT2D eigenvalue weighted by Crippen LogP contribution is -3.00. The zero-order chi connectivity index (χ0) is 19.6. The molecule has 0 amide bonds. The van der Waals surface area contributed by atoms with Crippen molar-refractivity contribution < 1.29 is 27.2 Å². The van der Waals surface area contributed by atoms with E-state index in [9.17, 15) is 13.2 Å². The van der Waals surface area contributed by atoms with Crippen LogP contribution in [0.4, 0.5) is 13.2 Å². The van der Waals surface area contributed by atoms with Crippen LogP contribution in [0.25, 0.3) is 22.3 Å². The molecule has 0 spiro atoms. The van der Waals surface area contributed by atoms with Gasteiger partial charge >= 0.3 is 6.18 Å². The lowest BCUT2D eigenvalue weighted by Gasteiger charge is -2.12. The lowest BCUT2D eigenvalue weighted by atomic mass is 10.00. The summed E-state index contributed by atoms with van der Waals surface area (Å²) in [4.78, 5) is 0. The summed E-state index contributed by atoms with van der Waals surface area (Å²) in [6, 6.07) is 12.6. The second-order valence-corrected chi connectivity index (χ2v) is 6.42. The van der Waals surface area contributed by atoms with Gasteiger partial charge in [0.25, 0.3) is 0 Å². The van der Waals surface area contributed by atoms with Gasteiger partial charge in [-0.25, -0.2) is 4.57 Å². The van der Waals surface area contributed by atoms with Crippen LogP contribution in [0.2, 0.25) is 5.02 Å². The summed E-state index contributed by atoms with van der Waals surface area (Å²) >= 11 is 6.62. The number of halogens is 5. The van der Waals surface area contributed by atoms with Crippen molar-refractivity contribution in [1.29, 1.82) is 0 Å². The molecular formula is C21H18ClF4NO. The summed E-state index contributed by atoms with van der Waals surface area (Å²) in [5.74, 6) is 0.715. The maximum Gasteiger partial charge on any atom is 0.416 e. The van der Waals surface area contributed by atoms with E-state index < -0.39 is 11.7 Å². The van der Waals surface area contributed by atoms with Crippen LogP contribution < -0.4 is 14.0 Å². The van der Waals surface area contributed by atoms with Crippen LogP contribution in [-0.4, -0.2) is 7.11 Å². The number of pyridine rings is 1. The first-order valence-corrected chi connectivity index (χ1v) is 8.76. The maximum atomic E-state index is 13.1. The fourth-order valence-electron chi connectivity index (χ4n) is 2.85. The second kappa shape index (κ2) is 8.61. The molecule has 0 aliphatic carbocycles. The molecule has 0 aliphatic heterocycles. The Morgan fingerprint density at radius 2 is 1.57 bits per heavy atom. The molecule has 3 rings (SSSR count). The summed E-state index contributed by atoms with van der Waals surface area (Å²) < 4.78 is 46.4. The van der Waals surface area contributed by atoms with Crippen molar-refractivity contribution >= 4 is 11.6 Å². The average molecular weight is 412 g/mol. The summed E-state index contributed by atoms with van der Waals surface area (Å²) in [5.41, 5.74) is 1.88. The number of rotatable bonds is 4. The van der Waals surface area contributed by atoms with Crippen molar-refractivity contribution in [2.24, 2.45) is 0 Å². The molecule has 0 fully saturated rings. The Kier molecular flexibility index (Phi) is 6.67. The minimum absolute atomic E-state index is 0. The molecule has 0 N–H and O–H groups in total. The van der Waals surface area contributed by atoms with E-state index >= 15 is 0 Å². The smallest absolute Gasteiger partial charge is 0.416 e. The Bertz CT molecular complexity index is 956. The van der Waals surface area contributed by atoms with Crippen LogP contribution in [0.15, 0.2) is 60.9 Å². The number of benzene rings is 2. The Labute approximate surface area is 165 Å². The highest BCUT2D eigenvalue weighted by Crippen LogP contribution is 2.38. The minimum Gasteiger partial charge on any atom is -1.00 e. The van der Waals surface area contributed by atoms with E-state index in [1.165, 1.54) is 6.07 Å². The zero-order valence-electron chi connectivity index (χ0n) is 15.2. The van der Waals surface area contributed by atoms with Crippen LogP contribution in [0.5, 0.6) is 5.75 Å². The third kappa shape index (κ3) is 4.44. The SMILES string of the molecule is CC[n+]1cc(-c2ccc(OC)cc2)c(Cl)c(-c2cccc(C(F)(F)F)c2)c1.[F-]. The van der Waals surface area contributed by atoms with Crippen LogP contribution >= 0.6 is 11.6 Å². The molecule has 0 radical (unpaired) electrons. The average Bonchev–Trinajstić information content (AvgIpc) is 2.68. The molecule has 1 heterocycles. The molecule has 7 heteroatoms. The molecule has 1 aromatic heterocycles. The predicted molar refractivity (Wildman–Crippen MR) is 99.7 cm³/mol. The third-order valence-corrected chi connectivity index (χ3v) is 4.74. The number of hydrogen-bond donors (Lipinski definition) is 0. The van der Waals surface area contributed by atoms with Crippen LogP contribution in [0, 0.1) is 0 Å². The van der Waals surface area contributed by atoms with E-state index in [0.717, 1.165) is 23.3 Å². The van der Waals surface area contributed by atoms with E-state index in [-0.39, 0.29) is 4.70 Å². The molecule has 0 aliphatic rings. The summed E-state index contributed by atoms with van der Waals surface area (Å²) in [6.45, 7) is 2.62. The van der Waals surface area contributed by atoms with Crippen LogP contribution in [-0.2, 0) is 12.7 Å². The molecular weight excluding hydrogens is 394 g/mol. The normalized spacial score (nSPS) is 11.1. The first-order chi connectivity index (χ1) is 12.8. The van der Waals surface area contributed by atoms with Crippen molar-refractivity contribution in [3.05, 3.63) is 71.5 Å². The van der Waals surface area contributed by atoms with E-state index in [2.05, 4.69) is 0 Å². The van der Waals surface area contributed by atoms with Crippen LogP contribution in [0.3, 0.4) is 0 Å². The summed E-state index contributed by atoms with van der Waals surface area (Å²) in [5, 5.41) is 0.407. The fourth-order valence-corrected chi connectivity index (χ4v) is 3.16. The number of ether oxygens (including phenoxy) is 1. The predicted octanol–water partition coefficient (Wildman–Crippen LogP) is 3.01. The molecule has 2 aromatic carbocycles. The highest BCUT2D eigenvalue weighted by Gasteiger charge is 2.31. The molecule has 0 saturated heterocycles. The van der Waals surface area contributed by atoms with Gasteiger partial charge in [0, 0.05) is 0 Å². The summed E-state index contributed by atoms with van der Waals surface area (Å²) in [7, 11) is 1.58. The number of nitrogens with zero attached hydrogens (tertiary/aromatic N) is 1. The van der Waals surface area contributed by atoms with Gasteiger partial charge in [-0.3, -0.25) is 0 Å². The molecule has 2 nitrogen and oxygen atoms in total. The molecule has 148 valence electrons. The van der Waals surface area contributed by atoms with Gasteiger partial charge < -0.3 is 9.44 Å². The molecule has 0 bridgehead atoms. The second-order valence-electron chi connectivity index (χ2n) is 6.04. The standard InChI is InChI=1S/C21H18ClF3NO.FH/c1-3-26-12-18(14-7-9-17(27-2)10-8-14)20(22)19(13-26)15-5-4-6-16(11-15)21(23,24)25;/h4-13H,3H2,1-2H3;1H/q+1;/p-1. The van der Waals surface area contributed by atoms with Gasteiger partial charge in [-0.1, -0.05) is 35.9 Å². The number of alkyl halides is 3. The van der Waals surface area contributed by atoms with Gasteiger partial charge in [0.1, 0.15) is 12.3 Å².